The van der Waals surface area contributed by atoms with Crippen molar-refractivity contribution in [2.24, 2.45) is 11.8 Å². The molecule has 2 N–H and O–H groups in total. The fraction of sp³-hybridized carbons (Fsp3) is 0.444. The van der Waals surface area contributed by atoms with Crippen LogP contribution in [0.2, 0.25) is 0 Å². The fourth-order valence-electron chi connectivity index (χ4n) is 8.07. The number of thioether (sulfide) groups is 1. The largest absolute Gasteiger partial charge is 0.467 e. The number of nitrogens with one attached hydrogen (secondary N) is 2. The second-order valence-corrected chi connectivity index (χ2v) is 16.3. The maximum atomic E-state index is 14.3. The molecule has 10 nitrogen and oxygen atoms in total. The lowest BCUT2D eigenvalue weighted by Crippen LogP contribution is -2.57. The summed E-state index contributed by atoms with van der Waals surface area (Å²) >= 11 is 1.65. The summed E-state index contributed by atoms with van der Waals surface area (Å²) in [5.74, 6) is -1.63. The maximum absolute atomic E-state index is 14.3. The molecule has 3 aliphatic heterocycles. The number of hydrogen-bond donors (Lipinski definition) is 2. The van der Waals surface area contributed by atoms with E-state index in [0.29, 0.717) is 63.8 Å². The van der Waals surface area contributed by atoms with Crippen molar-refractivity contribution in [3.8, 4) is 0 Å². The Bertz CT molecular complexity index is 1810. The second kappa shape index (κ2) is 20.3. The molecule has 0 aliphatic carbocycles. The quantitative estimate of drug-likeness (QED) is 0.156. The number of benzene rings is 3. The molecular formula is C45H54N4O6S. The lowest BCUT2D eigenvalue weighted by atomic mass is 9.86. The van der Waals surface area contributed by atoms with E-state index in [4.69, 9.17) is 4.74 Å². The van der Waals surface area contributed by atoms with Crippen LogP contribution in [0.5, 0.6) is 0 Å². The van der Waals surface area contributed by atoms with E-state index < -0.39 is 35.9 Å². The van der Waals surface area contributed by atoms with Gasteiger partial charge >= 0.3 is 5.97 Å². The molecule has 11 heteroatoms. The van der Waals surface area contributed by atoms with E-state index in [1.54, 1.807) is 16.7 Å². The van der Waals surface area contributed by atoms with Crippen molar-refractivity contribution in [1.82, 2.24) is 20.4 Å². The minimum absolute atomic E-state index is 0.108. The van der Waals surface area contributed by atoms with E-state index >= 15 is 0 Å². The van der Waals surface area contributed by atoms with Gasteiger partial charge in [-0.1, -0.05) is 103 Å². The van der Waals surface area contributed by atoms with Gasteiger partial charge in [0.15, 0.2) is 0 Å². The summed E-state index contributed by atoms with van der Waals surface area (Å²) in [7, 11) is 1.34. The van der Waals surface area contributed by atoms with Crippen LogP contribution >= 0.6 is 11.8 Å². The maximum Gasteiger partial charge on any atom is 0.328 e. The van der Waals surface area contributed by atoms with E-state index in [0.717, 1.165) is 36.0 Å². The van der Waals surface area contributed by atoms with Crippen LogP contribution in [0.4, 0.5) is 0 Å². The summed E-state index contributed by atoms with van der Waals surface area (Å²) in [6.07, 6.45) is 9.45. The molecule has 3 aromatic rings. The van der Waals surface area contributed by atoms with Crippen molar-refractivity contribution < 1.29 is 28.7 Å². The topological polar surface area (TPSA) is 125 Å². The van der Waals surface area contributed by atoms with E-state index in [-0.39, 0.29) is 29.0 Å². The highest BCUT2D eigenvalue weighted by Crippen LogP contribution is 2.35. The number of fused-ring (bicyclic) bond motifs is 1. The average molecular weight is 779 g/mol. The first kappa shape index (κ1) is 40.8. The Morgan fingerprint density at radius 2 is 1.30 bits per heavy atom. The van der Waals surface area contributed by atoms with Crippen LogP contribution < -0.4 is 10.6 Å². The summed E-state index contributed by atoms with van der Waals surface area (Å²) in [6.45, 7) is 1.03. The number of esters is 1. The Labute approximate surface area is 334 Å². The van der Waals surface area contributed by atoms with Crippen molar-refractivity contribution >= 4 is 41.4 Å². The predicted molar refractivity (Wildman–Crippen MR) is 218 cm³/mol. The zero-order valence-corrected chi connectivity index (χ0v) is 33.0. The summed E-state index contributed by atoms with van der Waals surface area (Å²) in [5.41, 5.74) is 3.00. The van der Waals surface area contributed by atoms with Gasteiger partial charge in [0.1, 0.15) is 18.1 Å². The molecule has 0 unspecified atom stereocenters. The van der Waals surface area contributed by atoms with E-state index in [1.165, 1.54) is 7.11 Å². The monoisotopic (exact) mass is 778 g/mol. The molecule has 3 aromatic carbocycles. The number of rotatable bonds is 14. The zero-order valence-electron chi connectivity index (χ0n) is 32.2. The van der Waals surface area contributed by atoms with Crippen molar-refractivity contribution in [3.63, 3.8) is 0 Å². The summed E-state index contributed by atoms with van der Waals surface area (Å²) in [6, 6.07) is 27.3. The van der Waals surface area contributed by atoms with Gasteiger partial charge < -0.3 is 25.2 Å². The van der Waals surface area contributed by atoms with Gasteiger partial charge in [0, 0.05) is 24.9 Å². The van der Waals surface area contributed by atoms with Crippen LogP contribution in [-0.2, 0) is 48.1 Å². The number of carbonyl (C=O) groups is 5. The van der Waals surface area contributed by atoms with Crippen LogP contribution in [0.25, 0.3) is 0 Å². The van der Waals surface area contributed by atoms with Gasteiger partial charge in [-0.2, -0.15) is 0 Å². The van der Waals surface area contributed by atoms with Gasteiger partial charge in [0.2, 0.25) is 23.6 Å². The Kier molecular flexibility index (Phi) is 14.8. The first-order chi connectivity index (χ1) is 27.3. The Morgan fingerprint density at radius 3 is 1.89 bits per heavy atom. The van der Waals surface area contributed by atoms with Crippen LogP contribution in [0.3, 0.4) is 0 Å². The molecule has 3 heterocycles. The lowest BCUT2D eigenvalue weighted by Gasteiger charge is -2.40. The summed E-state index contributed by atoms with van der Waals surface area (Å²) < 4.78 is 5.07. The highest BCUT2D eigenvalue weighted by atomic mass is 32.2. The van der Waals surface area contributed by atoms with Gasteiger partial charge in [-0.3, -0.25) is 19.2 Å². The third-order valence-electron chi connectivity index (χ3n) is 11.1. The van der Waals surface area contributed by atoms with Crippen molar-refractivity contribution in [2.75, 3.05) is 19.4 Å². The minimum atomic E-state index is -0.774. The normalized spacial score (nSPS) is 23.0. The Balaban J connectivity index is 1.19. The lowest BCUT2D eigenvalue weighted by molar-refractivity contribution is -0.156. The Hall–Kier alpha value is -4.90. The predicted octanol–water partition coefficient (Wildman–Crippen LogP) is 5.85. The third-order valence-corrected chi connectivity index (χ3v) is 12.5. The van der Waals surface area contributed by atoms with Crippen molar-refractivity contribution in [3.05, 3.63) is 120 Å². The number of methoxy groups -OCH3 is 1. The van der Waals surface area contributed by atoms with E-state index in [9.17, 15) is 24.0 Å². The highest BCUT2D eigenvalue weighted by molar-refractivity contribution is 7.99. The molecule has 56 heavy (non-hydrogen) atoms. The molecule has 296 valence electrons. The van der Waals surface area contributed by atoms with Gasteiger partial charge in [-0.25, -0.2) is 4.79 Å². The smallest absolute Gasteiger partial charge is 0.328 e. The average Bonchev–Trinajstić information content (AvgIpc) is 3.38. The van der Waals surface area contributed by atoms with Gasteiger partial charge in [-0.15, -0.1) is 11.8 Å². The van der Waals surface area contributed by atoms with Gasteiger partial charge in [0.25, 0.3) is 0 Å². The third kappa shape index (κ3) is 10.9. The van der Waals surface area contributed by atoms with E-state index in [1.807, 2.05) is 102 Å². The summed E-state index contributed by atoms with van der Waals surface area (Å²) in [4.78, 5) is 72.9. The molecule has 6 atom stereocenters. The first-order valence-corrected chi connectivity index (χ1v) is 21.0. The molecule has 0 spiro atoms. The molecule has 4 amide bonds. The Morgan fingerprint density at radius 1 is 0.732 bits per heavy atom. The second-order valence-electron chi connectivity index (χ2n) is 15.0. The molecule has 2 saturated heterocycles. The van der Waals surface area contributed by atoms with Crippen molar-refractivity contribution in [1.29, 1.82) is 0 Å². The SMILES string of the molecule is COC(=O)[C@@H]1CCC[C@@H]2SCC[C@H](NC(=O)[C@H](CC[C@H](Cc3ccccc3)C(=O)N[C@H]3C/C=C\CCN(Cc4ccccc4)C3=O)Cc3ccccc3)C(=O)N21. The number of piperidine rings is 1. The van der Waals surface area contributed by atoms with Crippen LogP contribution in [-0.4, -0.2) is 82.3 Å². The van der Waals surface area contributed by atoms with Gasteiger partial charge in [0.05, 0.1) is 12.5 Å². The number of amides is 4. The molecule has 0 aromatic heterocycles. The van der Waals surface area contributed by atoms with Crippen molar-refractivity contribution in [2.45, 2.75) is 94.3 Å². The number of ether oxygens (including phenoxy) is 1. The zero-order chi connectivity index (χ0) is 39.3. The molecule has 6 rings (SSSR count). The molecule has 0 saturated carbocycles. The number of carbonyl (C=O) groups excluding carboxylic acids is 5. The first-order valence-electron chi connectivity index (χ1n) is 20.0. The van der Waals surface area contributed by atoms with Crippen LogP contribution in [0, 0.1) is 11.8 Å². The molecule has 0 radical (unpaired) electrons. The number of nitrogens with zero attached hydrogens (tertiary/aromatic N) is 2. The standard InChI is InChI=1S/C45H54N4O6S/c1-55-45(54)39-22-14-23-40-49(39)44(53)38(26-28-56-40)47-42(51)36(30-33-17-8-3-9-18-33)25-24-35(29-32-15-6-2-7-16-32)41(50)46-37-21-12-5-13-27-48(43(37)52)31-34-19-10-4-11-20-34/h2-12,15-20,35-40H,13-14,21-31H2,1H3,(H,46,50)(H,47,51)/b12-5-/t35-,36-,37+,38+,39+,40+/m1/s1. The van der Waals surface area contributed by atoms with E-state index in [2.05, 4.69) is 16.7 Å². The highest BCUT2D eigenvalue weighted by Gasteiger charge is 2.44. The minimum Gasteiger partial charge on any atom is -0.467 e. The number of hydrogen-bond acceptors (Lipinski definition) is 7. The molecule has 3 aliphatic rings. The van der Waals surface area contributed by atoms with Crippen LogP contribution in [0.15, 0.2) is 103 Å². The molecule has 0 bridgehead atoms. The fourth-order valence-corrected chi connectivity index (χ4v) is 9.46. The van der Waals surface area contributed by atoms with Gasteiger partial charge in [-0.05, 0) is 86.7 Å². The molecular weight excluding hydrogens is 725 g/mol. The summed E-state index contributed by atoms with van der Waals surface area (Å²) in [5, 5.41) is 6.09. The van der Waals surface area contributed by atoms with Crippen LogP contribution in [0.1, 0.15) is 68.1 Å². The molecule has 2 fully saturated rings.